The first-order valence-corrected chi connectivity index (χ1v) is 3.23. The lowest BCUT2D eigenvalue weighted by atomic mass is 9.82. The van der Waals surface area contributed by atoms with Gasteiger partial charge < -0.3 is 15.0 Å². The first-order valence-electron chi connectivity index (χ1n) is 2.85. The van der Waals surface area contributed by atoms with E-state index in [-0.39, 0.29) is 16.0 Å². The van der Waals surface area contributed by atoms with Gasteiger partial charge in [-0.3, -0.25) is 4.79 Å². The summed E-state index contributed by atoms with van der Waals surface area (Å²) in [7, 11) is -1.65. The molecule has 6 heteroatoms. The molecule has 1 rings (SSSR count). The Balaban J connectivity index is 3.20. The second-order valence-electron chi connectivity index (χ2n) is 1.97. The fourth-order valence-electron chi connectivity index (χ4n) is 0.656. The third-order valence-electron chi connectivity index (χ3n) is 1.18. The Morgan fingerprint density at radius 2 is 2.18 bits per heavy atom. The van der Waals surface area contributed by atoms with Crippen LogP contribution in [0.15, 0.2) is 17.1 Å². The van der Waals surface area contributed by atoms with Crippen LogP contribution in [0.25, 0.3) is 0 Å². The van der Waals surface area contributed by atoms with Gasteiger partial charge in [0.15, 0.2) is 0 Å². The maximum atomic E-state index is 10.6. The lowest BCUT2D eigenvalue weighted by molar-refractivity contribution is 0.425. The molecule has 0 spiro atoms. The van der Waals surface area contributed by atoms with Crippen molar-refractivity contribution in [1.29, 1.82) is 0 Å². The molecule has 0 bridgehead atoms. The first kappa shape index (κ1) is 8.32. The van der Waals surface area contributed by atoms with Crippen LogP contribution in [0.2, 0.25) is 5.02 Å². The Hall–Kier alpha value is -0.775. The Labute approximate surface area is 67.6 Å². The molecule has 0 amide bonds. The van der Waals surface area contributed by atoms with Gasteiger partial charge in [0.25, 0.3) is 0 Å². The predicted octanol–water partition coefficient (Wildman–Crippen LogP) is -1.29. The summed E-state index contributed by atoms with van der Waals surface area (Å²) in [5, 5.41) is 17.3. The van der Waals surface area contributed by atoms with E-state index in [2.05, 4.69) is 4.98 Å². The van der Waals surface area contributed by atoms with Crippen LogP contribution in [0.5, 0.6) is 0 Å². The molecule has 1 heterocycles. The van der Waals surface area contributed by atoms with Crippen molar-refractivity contribution in [2.45, 2.75) is 0 Å². The normalized spacial score (nSPS) is 9.73. The fraction of sp³-hybridized carbons (Fsp3) is 0. The average molecular weight is 173 g/mol. The minimum atomic E-state index is -1.65. The molecule has 0 fully saturated rings. The van der Waals surface area contributed by atoms with Gasteiger partial charge in [0.1, 0.15) is 0 Å². The SMILES string of the molecule is O=c1cc(Cl)c(B(O)O)c[nH]1. The Kier molecular flexibility index (Phi) is 2.33. The van der Waals surface area contributed by atoms with Gasteiger partial charge in [-0.1, -0.05) is 11.6 Å². The third-order valence-corrected chi connectivity index (χ3v) is 1.51. The topological polar surface area (TPSA) is 73.3 Å². The molecule has 0 unspecified atom stereocenters. The summed E-state index contributed by atoms with van der Waals surface area (Å²) >= 11 is 5.48. The van der Waals surface area contributed by atoms with Gasteiger partial charge in [0.05, 0.1) is 0 Å². The molecule has 0 saturated heterocycles. The number of halogens is 1. The first-order chi connectivity index (χ1) is 5.11. The van der Waals surface area contributed by atoms with Crippen LogP contribution in [0.4, 0.5) is 0 Å². The van der Waals surface area contributed by atoms with Crippen molar-refractivity contribution in [3.05, 3.63) is 27.6 Å². The number of rotatable bonds is 1. The molecule has 3 N–H and O–H groups in total. The van der Waals surface area contributed by atoms with Gasteiger partial charge in [0.2, 0.25) is 5.56 Å². The second kappa shape index (κ2) is 3.08. The van der Waals surface area contributed by atoms with Crippen LogP contribution in [-0.2, 0) is 0 Å². The zero-order valence-electron chi connectivity index (χ0n) is 5.41. The van der Waals surface area contributed by atoms with Crippen LogP contribution >= 0.6 is 11.6 Å². The van der Waals surface area contributed by atoms with Crippen molar-refractivity contribution in [2.75, 3.05) is 0 Å². The maximum Gasteiger partial charge on any atom is 0.491 e. The van der Waals surface area contributed by atoms with E-state index in [9.17, 15) is 4.79 Å². The van der Waals surface area contributed by atoms with Gasteiger partial charge in [-0.15, -0.1) is 0 Å². The number of nitrogens with one attached hydrogen (secondary N) is 1. The molecule has 58 valence electrons. The van der Waals surface area contributed by atoms with Gasteiger partial charge in [-0.2, -0.15) is 0 Å². The summed E-state index contributed by atoms with van der Waals surface area (Å²) in [5.74, 6) is 0. The molecule has 0 aliphatic rings. The second-order valence-corrected chi connectivity index (χ2v) is 2.38. The minimum Gasteiger partial charge on any atom is -0.423 e. The highest BCUT2D eigenvalue weighted by molar-refractivity contribution is 6.62. The molecule has 4 nitrogen and oxygen atoms in total. The molecular formula is C5H5BClNO3. The summed E-state index contributed by atoms with van der Waals surface area (Å²) in [6.07, 6.45) is 1.16. The van der Waals surface area contributed by atoms with Gasteiger partial charge >= 0.3 is 7.12 Å². The van der Waals surface area contributed by atoms with Crippen LogP contribution < -0.4 is 11.0 Å². The summed E-state index contributed by atoms with van der Waals surface area (Å²) < 4.78 is 0. The lowest BCUT2D eigenvalue weighted by Crippen LogP contribution is -2.32. The number of aromatic nitrogens is 1. The van der Waals surface area contributed by atoms with Crippen molar-refractivity contribution in [1.82, 2.24) is 4.98 Å². The standard InChI is InChI=1S/C5H5BClNO3/c7-4-1-5(9)8-2-3(4)6(10)11/h1-2,10-11H,(H,8,9). The van der Waals surface area contributed by atoms with E-state index in [0.717, 1.165) is 12.3 Å². The number of hydrogen-bond donors (Lipinski definition) is 3. The molecule has 1 aromatic heterocycles. The molecule has 0 aliphatic carbocycles. The van der Waals surface area contributed by atoms with E-state index in [1.165, 1.54) is 0 Å². The molecule has 0 radical (unpaired) electrons. The lowest BCUT2D eigenvalue weighted by Gasteiger charge is -1.99. The number of pyridine rings is 1. The zero-order chi connectivity index (χ0) is 8.43. The minimum absolute atomic E-state index is 0.0451. The summed E-state index contributed by atoms with van der Waals surface area (Å²) in [5.41, 5.74) is -0.286. The maximum absolute atomic E-state index is 10.6. The average Bonchev–Trinajstić information content (AvgIpc) is 1.85. The van der Waals surface area contributed by atoms with E-state index >= 15 is 0 Å². The van der Waals surface area contributed by atoms with E-state index in [1.54, 1.807) is 0 Å². The largest absolute Gasteiger partial charge is 0.491 e. The fourth-order valence-corrected chi connectivity index (χ4v) is 0.907. The molecule has 0 aromatic carbocycles. The molecule has 0 aliphatic heterocycles. The number of H-pyrrole nitrogens is 1. The van der Waals surface area contributed by atoms with E-state index in [0.29, 0.717) is 0 Å². The summed E-state index contributed by atoms with van der Waals surface area (Å²) in [4.78, 5) is 12.8. The Morgan fingerprint density at radius 3 is 2.64 bits per heavy atom. The molecule has 1 aromatic rings. The van der Waals surface area contributed by atoms with E-state index in [4.69, 9.17) is 21.6 Å². The van der Waals surface area contributed by atoms with Gasteiger partial charge in [-0.05, 0) is 0 Å². The van der Waals surface area contributed by atoms with Crippen LogP contribution in [0.3, 0.4) is 0 Å². The molecular weight excluding hydrogens is 168 g/mol. The number of aromatic amines is 1. The van der Waals surface area contributed by atoms with E-state index in [1.807, 2.05) is 0 Å². The van der Waals surface area contributed by atoms with E-state index < -0.39 is 7.12 Å². The quantitative estimate of drug-likeness (QED) is 0.463. The Morgan fingerprint density at radius 1 is 1.55 bits per heavy atom. The highest BCUT2D eigenvalue weighted by Crippen LogP contribution is 1.98. The highest BCUT2D eigenvalue weighted by atomic mass is 35.5. The summed E-state index contributed by atoms with van der Waals surface area (Å²) in [6, 6.07) is 1.08. The van der Waals surface area contributed by atoms with Gasteiger partial charge in [0, 0.05) is 22.7 Å². The predicted molar refractivity (Wildman–Crippen MR) is 41.9 cm³/mol. The monoisotopic (exact) mass is 173 g/mol. The molecule has 0 saturated carbocycles. The van der Waals surface area contributed by atoms with Crippen LogP contribution in [-0.4, -0.2) is 22.2 Å². The number of hydrogen-bond acceptors (Lipinski definition) is 3. The van der Waals surface area contributed by atoms with Crippen molar-refractivity contribution in [2.24, 2.45) is 0 Å². The zero-order valence-corrected chi connectivity index (χ0v) is 6.17. The van der Waals surface area contributed by atoms with Crippen molar-refractivity contribution < 1.29 is 10.0 Å². The van der Waals surface area contributed by atoms with Crippen molar-refractivity contribution >= 4 is 24.2 Å². The summed E-state index contributed by atoms with van der Waals surface area (Å²) in [6.45, 7) is 0. The highest BCUT2D eigenvalue weighted by Gasteiger charge is 2.14. The molecule has 11 heavy (non-hydrogen) atoms. The van der Waals surface area contributed by atoms with Crippen molar-refractivity contribution in [3.63, 3.8) is 0 Å². The van der Waals surface area contributed by atoms with Crippen LogP contribution in [0.1, 0.15) is 0 Å². The van der Waals surface area contributed by atoms with Crippen molar-refractivity contribution in [3.8, 4) is 0 Å². The third kappa shape index (κ3) is 1.83. The smallest absolute Gasteiger partial charge is 0.423 e. The Bertz CT molecular complexity index is 311. The molecule has 0 atom stereocenters. The van der Waals surface area contributed by atoms with Crippen LogP contribution in [0, 0.1) is 0 Å². The van der Waals surface area contributed by atoms with Gasteiger partial charge in [-0.25, -0.2) is 0 Å².